The first-order valence-corrected chi connectivity index (χ1v) is 7.22. The summed E-state index contributed by atoms with van der Waals surface area (Å²) < 4.78 is 10.5. The van der Waals surface area contributed by atoms with Crippen LogP contribution in [0.15, 0.2) is 12.1 Å². The molecule has 6 heteroatoms. The third kappa shape index (κ3) is 2.92. The molecule has 0 aliphatic carbocycles. The number of rotatable bonds is 4. The fourth-order valence-electron chi connectivity index (χ4n) is 2.15. The average molecular weight is 327 g/mol. The van der Waals surface area contributed by atoms with Gasteiger partial charge in [0.25, 0.3) is 0 Å². The van der Waals surface area contributed by atoms with Crippen molar-refractivity contribution in [3.05, 3.63) is 33.6 Å². The predicted octanol–water partition coefficient (Wildman–Crippen LogP) is 4.34. The number of ether oxygens (including phenoxy) is 2. The molecule has 0 saturated carbocycles. The van der Waals surface area contributed by atoms with E-state index in [0.29, 0.717) is 33.1 Å². The highest BCUT2D eigenvalue weighted by Crippen LogP contribution is 2.41. The van der Waals surface area contributed by atoms with Gasteiger partial charge in [-0.1, -0.05) is 30.1 Å². The van der Waals surface area contributed by atoms with Crippen molar-refractivity contribution >= 4 is 23.2 Å². The molecule has 0 radical (unpaired) electrons. The molecule has 0 bridgehead atoms. The Bertz CT molecular complexity index is 652. The van der Waals surface area contributed by atoms with Crippen molar-refractivity contribution in [1.82, 2.24) is 9.97 Å². The number of methoxy groups -OCH3 is 2. The molecule has 0 N–H and O–H groups in total. The lowest BCUT2D eigenvalue weighted by molar-refractivity contribution is 0.355. The van der Waals surface area contributed by atoms with Crippen molar-refractivity contribution in [3.8, 4) is 22.9 Å². The number of hydrogen-bond acceptors (Lipinski definition) is 4. The second kappa shape index (κ2) is 6.50. The van der Waals surface area contributed by atoms with Gasteiger partial charge in [-0.15, -0.1) is 0 Å². The monoisotopic (exact) mass is 326 g/mol. The molecule has 0 unspecified atom stereocenters. The van der Waals surface area contributed by atoms with E-state index in [-0.39, 0.29) is 0 Å². The van der Waals surface area contributed by atoms with Gasteiger partial charge in [-0.3, -0.25) is 0 Å². The highest BCUT2D eigenvalue weighted by molar-refractivity contribution is 6.35. The molecule has 112 valence electrons. The molecule has 1 heterocycles. The summed E-state index contributed by atoms with van der Waals surface area (Å²) in [6, 6.07) is 3.56. The van der Waals surface area contributed by atoms with Crippen molar-refractivity contribution in [3.63, 3.8) is 0 Å². The van der Waals surface area contributed by atoms with Gasteiger partial charge in [0.15, 0.2) is 17.3 Å². The summed E-state index contributed by atoms with van der Waals surface area (Å²) in [6.45, 7) is 3.92. The first-order valence-electron chi connectivity index (χ1n) is 6.47. The van der Waals surface area contributed by atoms with Crippen molar-refractivity contribution in [2.24, 2.45) is 0 Å². The van der Waals surface area contributed by atoms with Gasteiger partial charge >= 0.3 is 0 Å². The molecule has 0 amide bonds. The topological polar surface area (TPSA) is 44.2 Å². The Morgan fingerprint density at radius 2 is 1.81 bits per heavy atom. The number of hydrogen-bond donors (Lipinski definition) is 0. The number of aryl methyl sites for hydroxylation is 1. The Hall–Kier alpha value is -1.52. The summed E-state index contributed by atoms with van der Waals surface area (Å²) in [6.07, 6.45) is 0.782. The van der Waals surface area contributed by atoms with Gasteiger partial charge in [-0.25, -0.2) is 9.97 Å². The smallest absolute Gasteiger partial charge is 0.180 e. The first kappa shape index (κ1) is 15.9. The van der Waals surface area contributed by atoms with Crippen LogP contribution in [-0.2, 0) is 6.42 Å². The molecule has 0 saturated heterocycles. The highest BCUT2D eigenvalue weighted by Gasteiger charge is 2.18. The Kier molecular flexibility index (Phi) is 4.91. The molecular formula is C15H16Cl2N2O2. The van der Waals surface area contributed by atoms with Gasteiger partial charge in [-0.2, -0.15) is 0 Å². The van der Waals surface area contributed by atoms with Crippen molar-refractivity contribution < 1.29 is 9.47 Å². The van der Waals surface area contributed by atoms with Crippen LogP contribution in [-0.4, -0.2) is 24.2 Å². The van der Waals surface area contributed by atoms with Gasteiger partial charge in [0.05, 0.1) is 19.2 Å². The Morgan fingerprint density at radius 1 is 1.10 bits per heavy atom. The molecular weight excluding hydrogens is 311 g/mol. The summed E-state index contributed by atoms with van der Waals surface area (Å²) in [4.78, 5) is 8.83. The van der Waals surface area contributed by atoms with E-state index in [9.17, 15) is 0 Å². The second-order valence-corrected chi connectivity index (χ2v) is 5.15. The zero-order valence-corrected chi connectivity index (χ0v) is 13.8. The van der Waals surface area contributed by atoms with Crippen LogP contribution in [0.3, 0.4) is 0 Å². The summed E-state index contributed by atoms with van der Waals surface area (Å²) in [5, 5.41) is 0.849. The van der Waals surface area contributed by atoms with E-state index in [0.717, 1.165) is 17.7 Å². The van der Waals surface area contributed by atoms with Gasteiger partial charge in [0, 0.05) is 16.8 Å². The summed E-state index contributed by atoms with van der Waals surface area (Å²) in [5.74, 6) is 1.48. The average Bonchev–Trinajstić information content (AvgIpc) is 2.46. The van der Waals surface area contributed by atoms with Crippen LogP contribution in [0.1, 0.15) is 18.2 Å². The summed E-state index contributed by atoms with van der Waals surface area (Å²) >= 11 is 12.6. The molecule has 1 aromatic carbocycles. The largest absolute Gasteiger partial charge is 0.493 e. The van der Waals surface area contributed by atoms with Gasteiger partial charge in [0.2, 0.25) is 0 Å². The minimum Gasteiger partial charge on any atom is -0.493 e. The fraction of sp³-hybridized carbons (Fsp3) is 0.333. The quantitative estimate of drug-likeness (QED) is 0.784. The Balaban J connectivity index is 2.62. The van der Waals surface area contributed by atoms with Crippen molar-refractivity contribution in [1.29, 1.82) is 0 Å². The van der Waals surface area contributed by atoms with E-state index in [1.165, 1.54) is 7.11 Å². The molecule has 0 spiro atoms. The highest BCUT2D eigenvalue weighted by atomic mass is 35.5. The predicted molar refractivity (Wildman–Crippen MR) is 84.7 cm³/mol. The lowest BCUT2D eigenvalue weighted by atomic mass is 10.1. The van der Waals surface area contributed by atoms with Gasteiger partial charge in [-0.05, 0) is 25.5 Å². The lowest BCUT2D eigenvalue weighted by Crippen LogP contribution is -2.00. The van der Waals surface area contributed by atoms with Crippen LogP contribution < -0.4 is 9.47 Å². The van der Waals surface area contributed by atoms with Crippen LogP contribution >= 0.6 is 23.2 Å². The van der Waals surface area contributed by atoms with Crippen LogP contribution in [0.5, 0.6) is 11.5 Å². The van der Waals surface area contributed by atoms with Gasteiger partial charge < -0.3 is 9.47 Å². The van der Waals surface area contributed by atoms with E-state index in [4.69, 9.17) is 32.7 Å². The summed E-state index contributed by atoms with van der Waals surface area (Å²) in [7, 11) is 3.09. The van der Waals surface area contributed by atoms with Crippen LogP contribution in [0.25, 0.3) is 11.4 Å². The maximum atomic E-state index is 6.38. The molecule has 1 aromatic heterocycles. The van der Waals surface area contributed by atoms with Crippen molar-refractivity contribution in [2.75, 3.05) is 14.2 Å². The van der Waals surface area contributed by atoms with E-state index in [1.54, 1.807) is 19.2 Å². The van der Waals surface area contributed by atoms with E-state index in [1.807, 2.05) is 13.8 Å². The SMILES string of the molecule is CCc1c(C)nc(-c2ccc(OC)c(OC)c2Cl)nc1Cl. The maximum Gasteiger partial charge on any atom is 0.180 e. The van der Waals surface area contributed by atoms with Crippen LogP contribution in [0.2, 0.25) is 10.2 Å². The fourth-order valence-corrected chi connectivity index (χ4v) is 2.81. The normalized spacial score (nSPS) is 10.6. The van der Waals surface area contributed by atoms with Gasteiger partial charge in [0.1, 0.15) is 5.15 Å². The minimum atomic E-state index is 0.400. The standard InChI is InChI=1S/C15H16Cl2N2O2/c1-5-9-8(2)18-15(19-14(9)17)10-6-7-11(20-3)13(21-4)12(10)16/h6-7H,5H2,1-4H3. The molecule has 2 aromatic rings. The zero-order chi connectivity index (χ0) is 15.6. The number of benzene rings is 1. The van der Waals surface area contributed by atoms with E-state index >= 15 is 0 Å². The lowest BCUT2D eigenvalue weighted by Gasteiger charge is -2.13. The van der Waals surface area contributed by atoms with E-state index < -0.39 is 0 Å². The molecule has 0 atom stereocenters. The van der Waals surface area contributed by atoms with Crippen LogP contribution in [0, 0.1) is 6.92 Å². The molecule has 4 nitrogen and oxygen atoms in total. The molecule has 0 fully saturated rings. The number of nitrogens with zero attached hydrogens (tertiary/aromatic N) is 2. The third-order valence-electron chi connectivity index (χ3n) is 3.24. The van der Waals surface area contributed by atoms with E-state index in [2.05, 4.69) is 9.97 Å². The maximum absolute atomic E-state index is 6.38. The molecule has 0 aliphatic heterocycles. The zero-order valence-electron chi connectivity index (χ0n) is 12.3. The van der Waals surface area contributed by atoms with Crippen molar-refractivity contribution in [2.45, 2.75) is 20.3 Å². The molecule has 2 rings (SSSR count). The Morgan fingerprint density at radius 3 is 2.33 bits per heavy atom. The third-order valence-corrected chi connectivity index (χ3v) is 3.93. The minimum absolute atomic E-state index is 0.400. The molecule has 0 aliphatic rings. The van der Waals surface area contributed by atoms with Crippen LogP contribution in [0.4, 0.5) is 0 Å². The Labute approximate surface area is 134 Å². The second-order valence-electron chi connectivity index (χ2n) is 4.42. The molecule has 21 heavy (non-hydrogen) atoms. The summed E-state index contributed by atoms with van der Waals surface area (Å²) in [5.41, 5.74) is 2.44. The number of aromatic nitrogens is 2. The first-order chi connectivity index (χ1) is 10.0. The number of halogens is 2.